The zero-order valence-corrected chi connectivity index (χ0v) is 22.4. The van der Waals surface area contributed by atoms with Gasteiger partial charge >= 0.3 is 0 Å². The van der Waals surface area contributed by atoms with Crippen molar-refractivity contribution in [3.63, 3.8) is 0 Å². The van der Waals surface area contributed by atoms with E-state index in [1.807, 2.05) is 60.3 Å². The normalized spacial score (nSPS) is 15.3. The maximum Gasteiger partial charge on any atom is 0.253 e. The Morgan fingerprint density at radius 1 is 1.05 bits per heavy atom. The van der Waals surface area contributed by atoms with Crippen molar-refractivity contribution in [3.05, 3.63) is 102 Å². The highest BCUT2D eigenvalue weighted by Gasteiger charge is 2.20. The summed E-state index contributed by atoms with van der Waals surface area (Å²) in [5, 5.41) is 5.75. The van der Waals surface area contributed by atoms with E-state index in [0.29, 0.717) is 24.1 Å². The lowest BCUT2D eigenvalue weighted by molar-refractivity contribution is -0.128. The van der Waals surface area contributed by atoms with Crippen LogP contribution in [-0.4, -0.2) is 75.2 Å². The van der Waals surface area contributed by atoms with Crippen molar-refractivity contribution < 1.29 is 18.8 Å². The fourth-order valence-electron chi connectivity index (χ4n) is 3.43. The van der Waals surface area contributed by atoms with Gasteiger partial charge in [-0.1, -0.05) is 55.2 Å². The molecular weight excluding hydrogens is 483 g/mol. The summed E-state index contributed by atoms with van der Waals surface area (Å²) in [5.74, 6) is -0.246. The minimum atomic E-state index is -0.200. The smallest absolute Gasteiger partial charge is 0.253 e. The van der Waals surface area contributed by atoms with Crippen LogP contribution in [0, 0.1) is 5.82 Å². The molecule has 0 aromatic heterocycles. The maximum atomic E-state index is 12.5. The van der Waals surface area contributed by atoms with Crippen LogP contribution in [0.1, 0.15) is 12.8 Å². The second kappa shape index (κ2) is 19.1. The van der Waals surface area contributed by atoms with E-state index in [0.717, 1.165) is 38.3 Å². The molecule has 38 heavy (non-hydrogen) atoms. The van der Waals surface area contributed by atoms with E-state index in [9.17, 15) is 14.0 Å². The van der Waals surface area contributed by atoms with Gasteiger partial charge in [0.1, 0.15) is 12.6 Å². The molecule has 7 nitrogen and oxygen atoms in total. The molecule has 204 valence electrons. The zero-order valence-electron chi connectivity index (χ0n) is 22.4. The lowest BCUT2D eigenvalue weighted by atomic mass is 10.1. The third-order valence-electron chi connectivity index (χ3n) is 5.65. The minimum Gasteiger partial charge on any atom is -0.388 e. The number of halogens is 1. The molecule has 2 N–H and O–H groups in total. The van der Waals surface area contributed by atoms with Crippen LogP contribution in [0.5, 0.6) is 0 Å². The second-order valence-electron chi connectivity index (χ2n) is 8.32. The first-order valence-corrected chi connectivity index (χ1v) is 12.4. The fourth-order valence-corrected chi connectivity index (χ4v) is 3.43. The summed E-state index contributed by atoms with van der Waals surface area (Å²) in [6.45, 7) is 9.52. The van der Waals surface area contributed by atoms with Crippen molar-refractivity contribution in [2.24, 2.45) is 0 Å². The quantitative estimate of drug-likeness (QED) is 0.306. The van der Waals surface area contributed by atoms with Crippen molar-refractivity contribution in [1.29, 1.82) is 0 Å². The first kappa shape index (κ1) is 32.0. The summed E-state index contributed by atoms with van der Waals surface area (Å²) in [4.78, 5) is 36.7. The van der Waals surface area contributed by atoms with Gasteiger partial charge < -0.3 is 25.2 Å². The molecule has 1 saturated heterocycles. The van der Waals surface area contributed by atoms with Crippen molar-refractivity contribution in [3.8, 4) is 0 Å². The third kappa shape index (κ3) is 12.3. The molecule has 1 fully saturated rings. The van der Waals surface area contributed by atoms with Crippen LogP contribution in [-0.2, 0) is 14.4 Å². The van der Waals surface area contributed by atoms with Gasteiger partial charge in [0.15, 0.2) is 0 Å². The van der Waals surface area contributed by atoms with Gasteiger partial charge in [-0.15, -0.1) is 0 Å². The number of nitrogens with one attached hydrogen (secondary N) is 2. The first-order valence-electron chi connectivity index (χ1n) is 12.4. The van der Waals surface area contributed by atoms with Crippen LogP contribution in [0.2, 0.25) is 0 Å². The zero-order chi connectivity index (χ0) is 28.2. The highest BCUT2D eigenvalue weighted by atomic mass is 19.1. The van der Waals surface area contributed by atoms with E-state index in [1.165, 1.54) is 12.1 Å². The molecule has 3 rings (SSSR count). The molecule has 1 aromatic rings. The number of piperazine rings is 1. The van der Waals surface area contributed by atoms with Gasteiger partial charge in [-0.3, -0.25) is 9.59 Å². The Labute approximate surface area is 225 Å². The first-order chi connectivity index (χ1) is 18.4. The summed E-state index contributed by atoms with van der Waals surface area (Å²) >= 11 is 0. The molecule has 8 heteroatoms. The number of nitrogens with zero attached hydrogens (tertiary/aromatic N) is 2. The fraction of sp³-hybridized carbons (Fsp3) is 0.300. The lowest BCUT2D eigenvalue weighted by Crippen LogP contribution is -2.47. The molecule has 1 heterocycles. The molecular formula is C30H39FN4O3. The van der Waals surface area contributed by atoms with Gasteiger partial charge in [-0.2, -0.15) is 0 Å². The molecule has 0 atom stereocenters. The number of carbonyl (C=O) groups is 3. The number of allylic oxidation sites excluding steroid dienone is 6. The summed E-state index contributed by atoms with van der Waals surface area (Å²) in [6, 6.07) is 6.22. The molecule has 1 aliphatic heterocycles. The number of hydrogen-bond donors (Lipinski definition) is 2. The number of anilines is 1. The summed E-state index contributed by atoms with van der Waals surface area (Å²) in [6.07, 6.45) is 18.3. The Balaban J connectivity index is 0.000000548. The number of hydrogen-bond acceptors (Lipinski definition) is 5. The Morgan fingerprint density at radius 3 is 2.37 bits per heavy atom. The molecule has 2 amide bonds. The van der Waals surface area contributed by atoms with E-state index in [1.54, 1.807) is 25.3 Å². The van der Waals surface area contributed by atoms with Crippen molar-refractivity contribution in [2.45, 2.75) is 12.8 Å². The Morgan fingerprint density at radius 2 is 1.74 bits per heavy atom. The number of carbonyl (C=O) groups excluding carboxylic acids is 3. The van der Waals surface area contributed by atoms with Crippen molar-refractivity contribution in [2.75, 3.05) is 52.1 Å². The molecule has 0 radical (unpaired) electrons. The summed E-state index contributed by atoms with van der Waals surface area (Å²) < 4.78 is 12.2. The molecule has 0 spiro atoms. The topological polar surface area (TPSA) is 81.8 Å². The maximum absolute atomic E-state index is 12.5. The van der Waals surface area contributed by atoms with Gasteiger partial charge in [0.25, 0.3) is 11.8 Å². The van der Waals surface area contributed by atoms with Crippen LogP contribution < -0.4 is 10.6 Å². The standard InChI is InChI=1S/C22H29N3O2.C7H8FN.CH2O/c1-3-19(22(27)25-17-15-24(2)16-18-25)11-9-6-10-14-23-21(26)20-12-7-4-5-8-13-20;1-9-7-4-2-6(8)3-5-7;1-2/h3-4,6-8,10-13H,1,5,9,14-18H2,2H3,(H,23,26);2-5,9H,1H3;1H2/b10-6-,19-11+;;. The molecule has 1 aliphatic carbocycles. The van der Waals surface area contributed by atoms with Crippen LogP contribution in [0.25, 0.3) is 0 Å². The number of benzene rings is 1. The number of rotatable bonds is 8. The second-order valence-corrected chi connectivity index (χ2v) is 8.32. The van der Waals surface area contributed by atoms with Crippen LogP contribution >= 0.6 is 0 Å². The predicted octanol–water partition coefficient (Wildman–Crippen LogP) is 4.06. The Bertz CT molecular complexity index is 1030. The number of amides is 2. The van der Waals surface area contributed by atoms with Crippen molar-refractivity contribution in [1.82, 2.24) is 15.1 Å². The summed E-state index contributed by atoms with van der Waals surface area (Å²) in [7, 11) is 3.86. The van der Waals surface area contributed by atoms with E-state index in [2.05, 4.69) is 29.2 Å². The van der Waals surface area contributed by atoms with Crippen molar-refractivity contribution >= 4 is 24.3 Å². The highest BCUT2D eigenvalue weighted by molar-refractivity contribution is 5.97. The van der Waals surface area contributed by atoms with Crippen LogP contribution in [0.15, 0.2) is 96.7 Å². The molecule has 1 aromatic carbocycles. The Hall–Kier alpha value is -4.04. The molecule has 0 bridgehead atoms. The highest BCUT2D eigenvalue weighted by Crippen LogP contribution is 2.09. The predicted molar refractivity (Wildman–Crippen MR) is 153 cm³/mol. The van der Waals surface area contributed by atoms with E-state index >= 15 is 0 Å². The SMILES string of the molecule is C=C/C(=C\C/C=C\CNC(=O)C1=CC=CCC=C1)C(=O)N1CCN(C)CC1.C=O.CNc1ccc(F)cc1. The lowest BCUT2D eigenvalue weighted by Gasteiger charge is -2.32. The van der Waals surface area contributed by atoms with Gasteiger partial charge in [-0.25, -0.2) is 4.39 Å². The van der Waals surface area contributed by atoms with Crippen LogP contribution in [0.4, 0.5) is 10.1 Å². The monoisotopic (exact) mass is 522 g/mol. The largest absolute Gasteiger partial charge is 0.388 e. The van der Waals surface area contributed by atoms with Gasteiger partial charge in [0, 0.05) is 56.6 Å². The van der Waals surface area contributed by atoms with E-state index in [-0.39, 0.29) is 17.6 Å². The van der Waals surface area contributed by atoms with Gasteiger partial charge in [-0.05, 0) is 50.2 Å². The van der Waals surface area contributed by atoms with E-state index in [4.69, 9.17) is 4.79 Å². The summed E-state index contributed by atoms with van der Waals surface area (Å²) in [5.41, 5.74) is 2.22. The average Bonchev–Trinajstić information content (AvgIpc) is 3.24. The van der Waals surface area contributed by atoms with Gasteiger partial charge in [0.05, 0.1) is 0 Å². The molecule has 2 aliphatic rings. The number of likely N-dealkylation sites (N-methyl/N-ethyl adjacent to an activating group) is 1. The average molecular weight is 523 g/mol. The molecule has 0 unspecified atom stereocenters. The Kier molecular flexibility index (Phi) is 16.1. The van der Waals surface area contributed by atoms with E-state index < -0.39 is 0 Å². The third-order valence-corrected chi connectivity index (χ3v) is 5.65. The van der Waals surface area contributed by atoms with Gasteiger partial charge in [0.2, 0.25) is 0 Å². The minimum absolute atomic E-state index is 0.0416. The molecule has 0 saturated carbocycles. The van der Waals surface area contributed by atoms with Crippen LogP contribution in [0.3, 0.4) is 0 Å².